The summed E-state index contributed by atoms with van der Waals surface area (Å²) in [5, 5.41) is 8.42. The van der Waals surface area contributed by atoms with E-state index in [1.807, 2.05) is 0 Å². The molecule has 0 saturated heterocycles. The summed E-state index contributed by atoms with van der Waals surface area (Å²) in [6.07, 6.45) is 1.45. The van der Waals surface area contributed by atoms with Gasteiger partial charge in [-0.3, -0.25) is 4.18 Å². The third kappa shape index (κ3) is 6.21. The van der Waals surface area contributed by atoms with E-state index in [0.717, 1.165) is 11.8 Å². The van der Waals surface area contributed by atoms with Crippen molar-refractivity contribution in [1.29, 1.82) is 0 Å². The van der Waals surface area contributed by atoms with E-state index in [1.165, 1.54) is 0 Å². The highest BCUT2D eigenvalue weighted by Crippen LogP contribution is 2.12. The second-order valence-electron chi connectivity index (χ2n) is 3.60. The summed E-state index contributed by atoms with van der Waals surface area (Å²) < 4.78 is 31.0. The Kier molecular flexibility index (Phi) is 5.11. The fourth-order valence-corrected chi connectivity index (χ4v) is 1.59. The van der Waals surface area contributed by atoms with Gasteiger partial charge < -0.3 is 9.84 Å². The molecule has 0 unspecified atom stereocenters. The SMILES string of the molecule is CS(=O)(=O)OCCc1ccc(OCC(=O)O)cc1. The predicted octanol–water partition coefficient (Wildman–Crippen LogP) is 0.669. The molecule has 100 valence electrons. The van der Waals surface area contributed by atoms with E-state index in [9.17, 15) is 13.2 Å². The van der Waals surface area contributed by atoms with Crippen molar-refractivity contribution in [2.24, 2.45) is 0 Å². The largest absolute Gasteiger partial charge is 0.482 e. The van der Waals surface area contributed by atoms with E-state index in [2.05, 4.69) is 4.18 Å². The molecule has 1 aromatic rings. The van der Waals surface area contributed by atoms with E-state index in [4.69, 9.17) is 9.84 Å². The molecule has 0 aliphatic heterocycles. The van der Waals surface area contributed by atoms with Crippen LogP contribution in [0, 0.1) is 0 Å². The summed E-state index contributed by atoms with van der Waals surface area (Å²) in [6, 6.07) is 6.70. The highest BCUT2D eigenvalue weighted by molar-refractivity contribution is 7.85. The summed E-state index contributed by atoms with van der Waals surface area (Å²) in [4.78, 5) is 10.3. The molecule has 0 bridgehead atoms. The molecule has 0 heterocycles. The van der Waals surface area contributed by atoms with Gasteiger partial charge in [-0.2, -0.15) is 8.42 Å². The van der Waals surface area contributed by atoms with E-state index in [-0.39, 0.29) is 6.61 Å². The van der Waals surface area contributed by atoms with Crippen molar-refractivity contribution in [2.75, 3.05) is 19.5 Å². The fourth-order valence-electron chi connectivity index (χ4n) is 1.21. The van der Waals surface area contributed by atoms with Crippen molar-refractivity contribution in [1.82, 2.24) is 0 Å². The Labute approximate surface area is 105 Å². The lowest BCUT2D eigenvalue weighted by atomic mass is 10.1. The van der Waals surface area contributed by atoms with Crippen LogP contribution in [0.2, 0.25) is 0 Å². The Balaban J connectivity index is 2.43. The quantitative estimate of drug-likeness (QED) is 0.735. The van der Waals surface area contributed by atoms with Crippen LogP contribution in [-0.2, 0) is 25.5 Å². The molecule has 0 radical (unpaired) electrons. The van der Waals surface area contributed by atoms with Crippen molar-refractivity contribution in [2.45, 2.75) is 6.42 Å². The first kappa shape index (κ1) is 14.5. The van der Waals surface area contributed by atoms with E-state index < -0.39 is 22.7 Å². The maximum Gasteiger partial charge on any atom is 0.341 e. The zero-order valence-corrected chi connectivity index (χ0v) is 10.6. The lowest BCUT2D eigenvalue weighted by molar-refractivity contribution is -0.139. The van der Waals surface area contributed by atoms with Gasteiger partial charge in [-0.1, -0.05) is 12.1 Å². The highest BCUT2D eigenvalue weighted by atomic mass is 32.2. The van der Waals surface area contributed by atoms with E-state index in [0.29, 0.717) is 12.2 Å². The van der Waals surface area contributed by atoms with Gasteiger partial charge >= 0.3 is 5.97 Å². The van der Waals surface area contributed by atoms with Gasteiger partial charge in [-0.25, -0.2) is 4.79 Å². The van der Waals surface area contributed by atoms with Crippen LogP contribution in [0.3, 0.4) is 0 Å². The Morgan fingerprint density at radius 3 is 2.39 bits per heavy atom. The number of benzene rings is 1. The zero-order chi connectivity index (χ0) is 13.6. The van der Waals surface area contributed by atoms with Gasteiger partial charge in [-0.15, -0.1) is 0 Å². The minimum absolute atomic E-state index is 0.0775. The number of hydrogen-bond donors (Lipinski definition) is 1. The lowest BCUT2D eigenvalue weighted by Gasteiger charge is -2.05. The maximum absolute atomic E-state index is 10.7. The molecule has 6 nitrogen and oxygen atoms in total. The third-order valence-corrected chi connectivity index (χ3v) is 2.57. The topological polar surface area (TPSA) is 89.9 Å². The molecule has 7 heteroatoms. The number of rotatable bonds is 7. The number of hydrogen-bond acceptors (Lipinski definition) is 5. The second kappa shape index (κ2) is 6.36. The van der Waals surface area contributed by atoms with Crippen LogP contribution in [0.1, 0.15) is 5.56 Å². The van der Waals surface area contributed by atoms with E-state index in [1.54, 1.807) is 24.3 Å². The number of carboxylic acids is 1. The van der Waals surface area contributed by atoms with Crippen LogP contribution in [0.5, 0.6) is 5.75 Å². The van der Waals surface area contributed by atoms with Crippen LogP contribution >= 0.6 is 0 Å². The molecular weight excluding hydrogens is 260 g/mol. The summed E-state index contributed by atoms with van der Waals surface area (Å²) in [7, 11) is -3.41. The van der Waals surface area contributed by atoms with Crippen LogP contribution in [0.25, 0.3) is 0 Å². The zero-order valence-electron chi connectivity index (χ0n) is 9.83. The molecule has 0 fully saturated rings. The second-order valence-corrected chi connectivity index (χ2v) is 5.25. The Bertz CT molecular complexity index is 491. The monoisotopic (exact) mass is 274 g/mol. The number of carbonyl (C=O) groups is 1. The van der Waals surface area contributed by atoms with Gasteiger partial charge in [-0.05, 0) is 24.1 Å². The first-order chi connectivity index (χ1) is 8.37. The van der Waals surface area contributed by atoms with Gasteiger partial charge in [0, 0.05) is 0 Å². The smallest absolute Gasteiger partial charge is 0.341 e. The Morgan fingerprint density at radius 2 is 1.89 bits per heavy atom. The standard InChI is InChI=1S/C11H14O6S/c1-18(14,15)17-7-6-9-2-4-10(5-3-9)16-8-11(12)13/h2-5H,6-8H2,1H3,(H,12,13). The van der Waals surface area contributed by atoms with Gasteiger partial charge in [0.2, 0.25) is 0 Å². The molecule has 1 rings (SSSR count). The molecule has 1 aromatic carbocycles. The normalized spacial score (nSPS) is 11.2. The maximum atomic E-state index is 10.7. The molecule has 1 N–H and O–H groups in total. The third-order valence-electron chi connectivity index (χ3n) is 1.97. The molecule has 0 aliphatic carbocycles. The van der Waals surface area contributed by atoms with Crippen molar-refractivity contribution in [3.05, 3.63) is 29.8 Å². The number of carboxylic acid groups (broad SMARTS) is 1. The minimum Gasteiger partial charge on any atom is -0.482 e. The molecule has 0 amide bonds. The van der Waals surface area contributed by atoms with E-state index >= 15 is 0 Å². The first-order valence-corrected chi connectivity index (χ1v) is 6.96. The summed E-state index contributed by atoms with van der Waals surface area (Å²) in [5.74, 6) is -0.592. The average Bonchev–Trinajstić information content (AvgIpc) is 2.26. The molecule has 0 aliphatic rings. The Morgan fingerprint density at radius 1 is 1.28 bits per heavy atom. The van der Waals surface area contributed by atoms with Crippen molar-refractivity contribution in [3.8, 4) is 5.75 Å². The summed E-state index contributed by atoms with van der Waals surface area (Å²) >= 11 is 0. The first-order valence-electron chi connectivity index (χ1n) is 5.15. The van der Waals surface area contributed by atoms with Gasteiger partial charge in [0.05, 0.1) is 12.9 Å². The van der Waals surface area contributed by atoms with Crippen molar-refractivity contribution < 1.29 is 27.2 Å². The van der Waals surface area contributed by atoms with Crippen LogP contribution in [0.15, 0.2) is 24.3 Å². The van der Waals surface area contributed by atoms with Crippen LogP contribution < -0.4 is 4.74 Å². The summed E-state index contributed by atoms with van der Waals surface area (Å²) in [6.45, 7) is -0.315. The lowest BCUT2D eigenvalue weighted by Crippen LogP contribution is -2.09. The predicted molar refractivity (Wildman–Crippen MR) is 64.1 cm³/mol. The van der Waals surface area contributed by atoms with Crippen LogP contribution in [0.4, 0.5) is 0 Å². The van der Waals surface area contributed by atoms with Gasteiger partial charge in [0.15, 0.2) is 6.61 Å². The molecule has 0 spiro atoms. The minimum atomic E-state index is -3.41. The Hall–Kier alpha value is -1.60. The summed E-state index contributed by atoms with van der Waals surface area (Å²) in [5.41, 5.74) is 0.876. The van der Waals surface area contributed by atoms with Crippen molar-refractivity contribution >= 4 is 16.1 Å². The molecular formula is C11H14O6S. The highest BCUT2D eigenvalue weighted by Gasteiger charge is 2.03. The molecule has 0 atom stereocenters. The van der Waals surface area contributed by atoms with Crippen LogP contribution in [-0.4, -0.2) is 39.0 Å². The number of aliphatic carboxylic acids is 1. The van der Waals surface area contributed by atoms with Gasteiger partial charge in [0.25, 0.3) is 10.1 Å². The van der Waals surface area contributed by atoms with Crippen molar-refractivity contribution in [3.63, 3.8) is 0 Å². The number of ether oxygens (including phenoxy) is 1. The fraction of sp³-hybridized carbons (Fsp3) is 0.364. The molecule has 0 aromatic heterocycles. The average molecular weight is 274 g/mol. The molecule has 0 saturated carbocycles. The molecule has 18 heavy (non-hydrogen) atoms. The van der Waals surface area contributed by atoms with Gasteiger partial charge in [0.1, 0.15) is 5.75 Å².